The summed E-state index contributed by atoms with van der Waals surface area (Å²) < 4.78 is 5.08. The van der Waals surface area contributed by atoms with Gasteiger partial charge in [0.15, 0.2) is 6.61 Å². The zero-order valence-corrected chi connectivity index (χ0v) is 15.9. The molecular weight excluding hydrogens is 368 g/mol. The van der Waals surface area contributed by atoms with Gasteiger partial charge in [-0.15, -0.1) is 0 Å². The summed E-state index contributed by atoms with van der Waals surface area (Å²) in [5, 5.41) is 14.4. The lowest BCUT2D eigenvalue weighted by Gasteiger charge is -2.17. The number of aromatic hydroxyl groups is 1. The molecule has 0 radical (unpaired) electrons. The molecule has 0 atom stereocenters. The van der Waals surface area contributed by atoms with Gasteiger partial charge < -0.3 is 20.1 Å². The van der Waals surface area contributed by atoms with Crippen LogP contribution in [-0.2, 0) is 9.53 Å². The first-order valence-electron chi connectivity index (χ1n) is 9.64. The lowest BCUT2D eigenvalue weighted by molar-refractivity contribution is -0.119. The lowest BCUT2D eigenvalue weighted by atomic mass is 10.1. The highest BCUT2D eigenvalue weighted by Gasteiger charge is 2.17. The quantitative estimate of drug-likeness (QED) is 0.645. The van der Waals surface area contributed by atoms with Crippen LogP contribution in [0.2, 0.25) is 0 Å². The number of nitrogens with zero attached hydrogens (tertiary/aromatic N) is 1. The fourth-order valence-corrected chi connectivity index (χ4v) is 3.56. The minimum Gasteiger partial charge on any atom is -0.506 e. The molecule has 1 fully saturated rings. The van der Waals surface area contributed by atoms with E-state index in [9.17, 15) is 14.7 Å². The Morgan fingerprint density at radius 2 is 1.69 bits per heavy atom. The van der Waals surface area contributed by atoms with Gasteiger partial charge in [0.2, 0.25) is 0 Å². The van der Waals surface area contributed by atoms with Gasteiger partial charge in [-0.3, -0.25) is 4.79 Å². The van der Waals surface area contributed by atoms with Crippen LogP contribution in [-0.4, -0.2) is 36.7 Å². The predicted molar refractivity (Wildman–Crippen MR) is 112 cm³/mol. The van der Waals surface area contributed by atoms with E-state index in [2.05, 4.69) is 10.2 Å². The van der Waals surface area contributed by atoms with Crippen LogP contribution < -0.4 is 10.2 Å². The Labute approximate surface area is 168 Å². The molecule has 1 heterocycles. The molecule has 0 aromatic heterocycles. The monoisotopic (exact) mass is 390 g/mol. The van der Waals surface area contributed by atoms with E-state index in [1.807, 2.05) is 36.4 Å². The van der Waals surface area contributed by atoms with Gasteiger partial charge in [-0.05, 0) is 48.6 Å². The summed E-state index contributed by atoms with van der Waals surface area (Å²) in [4.78, 5) is 26.7. The van der Waals surface area contributed by atoms with Gasteiger partial charge in [0.25, 0.3) is 5.91 Å². The van der Waals surface area contributed by atoms with Gasteiger partial charge in [-0.25, -0.2) is 4.79 Å². The Bertz CT molecular complexity index is 1040. The molecule has 0 spiro atoms. The smallest absolute Gasteiger partial charge is 0.342 e. The van der Waals surface area contributed by atoms with Crippen molar-refractivity contribution in [3.63, 3.8) is 0 Å². The third-order valence-electron chi connectivity index (χ3n) is 5.08. The number of carbonyl (C=O) groups excluding carboxylic acids is 2. The third kappa shape index (κ3) is 4.16. The normalized spacial score (nSPS) is 13.4. The number of esters is 1. The van der Waals surface area contributed by atoms with E-state index >= 15 is 0 Å². The molecule has 29 heavy (non-hydrogen) atoms. The second-order valence-corrected chi connectivity index (χ2v) is 7.05. The lowest BCUT2D eigenvalue weighted by Crippen LogP contribution is -2.21. The molecule has 1 aliphatic heterocycles. The maximum Gasteiger partial charge on any atom is 0.342 e. The van der Waals surface area contributed by atoms with Gasteiger partial charge in [-0.1, -0.05) is 30.3 Å². The first-order chi connectivity index (χ1) is 14.1. The van der Waals surface area contributed by atoms with Crippen LogP contribution in [0.3, 0.4) is 0 Å². The van der Waals surface area contributed by atoms with Crippen molar-refractivity contribution in [2.75, 3.05) is 29.9 Å². The molecule has 1 saturated heterocycles. The number of nitrogens with one attached hydrogen (secondary N) is 1. The molecule has 3 aromatic rings. The molecule has 0 aliphatic carbocycles. The number of benzene rings is 3. The first kappa shape index (κ1) is 18.8. The van der Waals surface area contributed by atoms with Crippen molar-refractivity contribution in [1.29, 1.82) is 0 Å². The number of fused-ring (bicyclic) bond motifs is 1. The third-order valence-corrected chi connectivity index (χ3v) is 5.08. The van der Waals surface area contributed by atoms with E-state index in [4.69, 9.17) is 4.74 Å². The molecule has 1 aliphatic rings. The summed E-state index contributed by atoms with van der Waals surface area (Å²) in [5.41, 5.74) is 1.81. The maximum absolute atomic E-state index is 12.3. The van der Waals surface area contributed by atoms with E-state index in [0.29, 0.717) is 11.1 Å². The zero-order chi connectivity index (χ0) is 20.2. The largest absolute Gasteiger partial charge is 0.506 e. The summed E-state index contributed by atoms with van der Waals surface area (Å²) in [6.07, 6.45) is 2.41. The molecule has 0 unspecified atom stereocenters. The summed E-state index contributed by atoms with van der Waals surface area (Å²) in [6.45, 7) is 1.69. The summed E-state index contributed by atoms with van der Waals surface area (Å²) >= 11 is 0. The van der Waals surface area contributed by atoms with Crippen LogP contribution in [0.25, 0.3) is 10.8 Å². The molecular formula is C23H22N2O4. The number of hydrogen-bond acceptors (Lipinski definition) is 5. The van der Waals surface area contributed by atoms with Crippen molar-refractivity contribution >= 4 is 34.0 Å². The van der Waals surface area contributed by atoms with Crippen LogP contribution in [0.1, 0.15) is 23.2 Å². The van der Waals surface area contributed by atoms with E-state index in [1.165, 1.54) is 18.9 Å². The Hall–Kier alpha value is -3.54. The minimum atomic E-state index is -0.743. The number of phenols is 1. The van der Waals surface area contributed by atoms with Gasteiger partial charge in [0.05, 0.1) is 0 Å². The SMILES string of the molecule is O=C(COC(=O)c1ccc2ccccc2c1O)Nc1ccc(N2CCCC2)cc1. The summed E-state index contributed by atoms with van der Waals surface area (Å²) in [7, 11) is 0. The van der Waals surface area contributed by atoms with Crippen LogP contribution in [0.15, 0.2) is 60.7 Å². The zero-order valence-electron chi connectivity index (χ0n) is 15.9. The average molecular weight is 390 g/mol. The Balaban J connectivity index is 1.34. The second kappa shape index (κ2) is 8.22. The van der Waals surface area contributed by atoms with Crippen molar-refractivity contribution in [1.82, 2.24) is 0 Å². The number of rotatable bonds is 5. The molecule has 148 valence electrons. The molecule has 4 rings (SSSR count). The highest BCUT2D eigenvalue weighted by atomic mass is 16.5. The van der Waals surface area contributed by atoms with Crippen LogP contribution in [0.5, 0.6) is 5.75 Å². The standard InChI is InChI=1S/C23H22N2O4/c26-21(24-17-8-10-18(11-9-17)25-13-3-4-14-25)15-29-23(28)20-12-7-16-5-1-2-6-19(16)22(20)27/h1-2,5-12,27H,3-4,13-15H2,(H,24,26). The summed E-state index contributed by atoms with van der Waals surface area (Å²) in [6, 6.07) is 18.0. The number of phenolic OH excluding ortho intramolecular Hbond substituents is 1. The van der Waals surface area contributed by atoms with Crippen LogP contribution >= 0.6 is 0 Å². The van der Waals surface area contributed by atoms with Crippen molar-refractivity contribution in [2.24, 2.45) is 0 Å². The maximum atomic E-state index is 12.3. The van der Waals surface area contributed by atoms with Crippen molar-refractivity contribution in [3.8, 4) is 5.75 Å². The molecule has 2 N–H and O–H groups in total. The number of ether oxygens (including phenoxy) is 1. The Morgan fingerprint density at radius 3 is 2.45 bits per heavy atom. The van der Waals surface area contributed by atoms with Crippen molar-refractivity contribution < 1.29 is 19.4 Å². The van der Waals surface area contributed by atoms with Crippen molar-refractivity contribution in [3.05, 3.63) is 66.2 Å². The molecule has 6 heteroatoms. The predicted octanol–water partition coefficient (Wildman–Crippen LogP) is 3.94. The molecule has 0 bridgehead atoms. The fourth-order valence-electron chi connectivity index (χ4n) is 3.56. The van der Waals surface area contributed by atoms with E-state index < -0.39 is 18.5 Å². The molecule has 3 aromatic carbocycles. The van der Waals surface area contributed by atoms with Gasteiger partial charge in [0.1, 0.15) is 11.3 Å². The van der Waals surface area contributed by atoms with Gasteiger partial charge in [-0.2, -0.15) is 0 Å². The van der Waals surface area contributed by atoms with Crippen LogP contribution in [0, 0.1) is 0 Å². The van der Waals surface area contributed by atoms with Gasteiger partial charge >= 0.3 is 5.97 Å². The second-order valence-electron chi connectivity index (χ2n) is 7.05. The van der Waals surface area contributed by atoms with Crippen LogP contribution in [0.4, 0.5) is 11.4 Å². The number of anilines is 2. The first-order valence-corrected chi connectivity index (χ1v) is 9.64. The minimum absolute atomic E-state index is 0.0338. The fraction of sp³-hybridized carbons (Fsp3) is 0.217. The number of hydrogen-bond donors (Lipinski definition) is 2. The molecule has 6 nitrogen and oxygen atoms in total. The Kier molecular flexibility index (Phi) is 5.33. The highest BCUT2D eigenvalue weighted by Crippen LogP contribution is 2.29. The molecule has 0 saturated carbocycles. The molecule has 1 amide bonds. The highest BCUT2D eigenvalue weighted by molar-refractivity contribution is 6.02. The van der Waals surface area contributed by atoms with Gasteiger partial charge in [0, 0.05) is 29.9 Å². The van der Waals surface area contributed by atoms with E-state index in [0.717, 1.165) is 24.2 Å². The number of carbonyl (C=O) groups is 2. The van der Waals surface area contributed by atoms with E-state index in [-0.39, 0.29) is 11.3 Å². The van der Waals surface area contributed by atoms with E-state index in [1.54, 1.807) is 18.2 Å². The Morgan fingerprint density at radius 1 is 0.966 bits per heavy atom. The topological polar surface area (TPSA) is 78.9 Å². The van der Waals surface area contributed by atoms with Crippen molar-refractivity contribution in [2.45, 2.75) is 12.8 Å². The number of amides is 1. The average Bonchev–Trinajstić information content (AvgIpc) is 3.28. The summed E-state index contributed by atoms with van der Waals surface area (Å²) in [5.74, 6) is -1.33.